The van der Waals surface area contributed by atoms with Crippen molar-refractivity contribution in [2.75, 3.05) is 18.0 Å². The fourth-order valence-electron chi connectivity index (χ4n) is 3.95. The van der Waals surface area contributed by atoms with Gasteiger partial charge in [-0.2, -0.15) is 5.10 Å². The third kappa shape index (κ3) is 3.43. The molecule has 156 valence electrons. The third-order valence-electron chi connectivity index (χ3n) is 5.59. The number of carbonyl (C=O) groups excluding carboxylic acids is 2. The molecule has 5 rings (SSSR count). The van der Waals surface area contributed by atoms with Crippen molar-refractivity contribution in [1.82, 2.24) is 25.1 Å². The molecule has 3 heterocycles. The number of carbonyl (C=O) groups is 2. The number of H-pyrrole nitrogens is 1. The van der Waals surface area contributed by atoms with Gasteiger partial charge in [0.15, 0.2) is 5.82 Å². The lowest BCUT2D eigenvalue weighted by Gasteiger charge is -2.14. The maximum atomic E-state index is 12.6. The molecule has 0 unspecified atom stereocenters. The van der Waals surface area contributed by atoms with E-state index in [1.165, 1.54) is 10.9 Å². The summed E-state index contributed by atoms with van der Waals surface area (Å²) in [6.07, 6.45) is 1.62. The smallest absolute Gasteiger partial charge is 0.261 e. The SMILES string of the molecule is O=C(NCCn1cnc2ccccc2c1=O)[C@@H]1CC(=O)N(c2n[nH]c3ccccc23)C1. The third-order valence-corrected chi connectivity index (χ3v) is 5.59. The summed E-state index contributed by atoms with van der Waals surface area (Å²) in [7, 11) is 0. The van der Waals surface area contributed by atoms with Crippen molar-refractivity contribution in [3.05, 3.63) is 65.2 Å². The molecule has 2 aromatic heterocycles. The van der Waals surface area contributed by atoms with Crippen LogP contribution >= 0.6 is 0 Å². The summed E-state index contributed by atoms with van der Waals surface area (Å²) < 4.78 is 1.48. The summed E-state index contributed by atoms with van der Waals surface area (Å²) in [5.74, 6) is -0.260. The number of aromatic nitrogens is 4. The molecule has 1 aliphatic heterocycles. The first-order valence-electron chi connectivity index (χ1n) is 10.1. The number of nitrogens with zero attached hydrogens (tertiary/aromatic N) is 4. The van der Waals surface area contributed by atoms with Crippen LogP contribution in [0.5, 0.6) is 0 Å². The molecule has 2 amide bonds. The van der Waals surface area contributed by atoms with Crippen LogP contribution in [0, 0.1) is 5.92 Å². The summed E-state index contributed by atoms with van der Waals surface area (Å²) in [5.41, 5.74) is 1.34. The van der Waals surface area contributed by atoms with Gasteiger partial charge in [-0.15, -0.1) is 0 Å². The van der Waals surface area contributed by atoms with Gasteiger partial charge in [-0.05, 0) is 24.3 Å². The Morgan fingerprint density at radius 2 is 1.87 bits per heavy atom. The van der Waals surface area contributed by atoms with E-state index in [1.54, 1.807) is 23.1 Å². The molecule has 1 atom stereocenters. The van der Waals surface area contributed by atoms with Crippen LogP contribution in [0.25, 0.3) is 21.8 Å². The Morgan fingerprint density at radius 1 is 1.10 bits per heavy atom. The minimum Gasteiger partial charge on any atom is -0.354 e. The van der Waals surface area contributed by atoms with Gasteiger partial charge in [0.2, 0.25) is 11.8 Å². The van der Waals surface area contributed by atoms with Crippen LogP contribution in [0.1, 0.15) is 6.42 Å². The Hall–Kier alpha value is -4.01. The number of nitrogens with one attached hydrogen (secondary N) is 2. The Kier molecular flexibility index (Phi) is 4.70. The lowest BCUT2D eigenvalue weighted by molar-refractivity contribution is -0.126. The fourth-order valence-corrected chi connectivity index (χ4v) is 3.95. The Balaban J connectivity index is 1.23. The van der Waals surface area contributed by atoms with E-state index in [9.17, 15) is 14.4 Å². The van der Waals surface area contributed by atoms with Gasteiger partial charge in [0.25, 0.3) is 5.56 Å². The molecule has 0 radical (unpaired) electrons. The highest BCUT2D eigenvalue weighted by molar-refractivity contribution is 6.05. The highest BCUT2D eigenvalue weighted by atomic mass is 16.2. The lowest BCUT2D eigenvalue weighted by atomic mass is 10.1. The molecule has 0 aliphatic carbocycles. The minimum atomic E-state index is -0.464. The number of hydrogen-bond acceptors (Lipinski definition) is 5. The minimum absolute atomic E-state index is 0.129. The van der Waals surface area contributed by atoms with Gasteiger partial charge in [-0.1, -0.05) is 24.3 Å². The number of benzene rings is 2. The van der Waals surface area contributed by atoms with Crippen LogP contribution in [0.4, 0.5) is 5.82 Å². The number of aromatic amines is 1. The van der Waals surface area contributed by atoms with Gasteiger partial charge in [0, 0.05) is 31.4 Å². The molecule has 4 aromatic rings. The van der Waals surface area contributed by atoms with E-state index >= 15 is 0 Å². The molecule has 0 spiro atoms. The second-order valence-electron chi connectivity index (χ2n) is 7.55. The van der Waals surface area contributed by atoms with E-state index in [2.05, 4.69) is 20.5 Å². The second kappa shape index (κ2) is 7.67. The zero-order valence-electron chi connectivity index (χ0n) is 16.6. The first kappa shape index (κ1) is 19.0. The molecule has 31 heavy (non-hydrogen) atoms. The number of anilines is 1. The fraction of sp³-hybridized carbons (Fsp3) is 0.227. The van der Waals surface area contributed by atoms with Crippen molar-refractivity contribution in [2.24, 2.45) is 5.92 Å². The van der Waals surface area contributed by atoms with E-state index < -0.39 is 5.92 Å². The number of amides is 2. The van der Waals surface area contributed by atoms with Crippen LogP contribution in [0.2, 0.25) is 0 Å². The van der Waals surface area contributed by atoms with Crippen LogP contribution in [0.15, 0.2) is 59.7 Å². The Bertz CT molecular complexity index is 1360. The second-order valence-corrected chi connectivity index (χ2v) is 7.55. The van der Waals surface area contributed by atoms with Crippen LogP contribution in [0.3, 0.4) is 0 Å². The molecule has 9 heteroatoms. The zero-order valence-corrected chi connectivity index (χ0v) is 16.6. The van der Waals surface area contributed by atoms with E-state index in [1.807, 2.05) is 30.3 Å². The molecule has 1 fully saturated rings. The average molecular weight is 416 g/mol. The molecule has 1 saturated heterocycles. The zero-order chi connectivity index (χ0) is 21.4. The number of fused-ring (bicyclic) bond motifs is 2. The standard InChI is InChI=1S/C22H20N6O3/c29-19-11-14(12-28(19)20-15-5-1-4-8-18(15)25-26-20)21(30)23-9-10-27-13-24-17-7-3-2-6-16(17)22(27)31/h1-8,13-14H,9-12H2,(H,23,30)(H,25,26)/t14-/m1/s1. The van der Waals surface area contributed by atoms with E-state index in [0.717, 1.165) is 10.9 Å². The van der Waals surface area contributed by atoms with Crippen molar-refractivity contribution < 1.29 is 9.59 Å². The van der Waals surface area contributed by atoms with Gasteiger partial charge >= 0.3 is 0 Å². The van der Waals surface area contributed by atoms with Crippen molar-refractivity contribution in [2.45, 2.75) is 13.0 Å². The molecule has 2 aromatic carbocycles. The molecular formula is C22H20N6O3. The number of para-hydroxylation sites is 2. The molecule has 0 bridgehead atoms. The first-order chi connectivity index (χ1) is 15.1. The molecular weight excluding hydrogens is 396 g/mol. The molecule has 0 saturated carbocycles. The van der Waals surface area contributed by atoms with Crippen LogP contribution in [-0.4, -0.2) is 44.7 Å². The largest absolute Gasteiger partial charge is 0.354 e. The predicted molar refractivity (Wildman–Crippen MR) is 116 cm³/mol. The number of rotatable bonds is 5. The summed E-state index contributed by atoms with van der Waals surface area (Å²) in [4.78, 5) is 43.5. The van der Waals surface area contributed by atoms with Crippen molar-refractivity contribution in [3.63, 3.8) is 0 Å². The summed E-state index contributed by atoms with van der Waals surface area (Å²) in [5, 5.41) is 11.4. The average Bonchev–Trinajstić information content (AvgIpc) is 3.38. The monoisotopic (exact) mass is 416 g/mol. The summed E-state index contributed by atoms with van der Waals surface area (Å²) in [6.45, 7) is 0.850. The van der Waals surface area contributed by atoms with Crippen LogP contribution < -0.4 is 15.8 Å². The van der Waals surface area contributed by atoms with Crippen molar-refractivity contribution in [3.8, 4) is 0 Å². The Morgan fingerprint density at radius 3 is 2.74 bits per heavy atom. The van der Waals surface area contributed by atoms with Gasteiger partial charge in [0.05, 0.1) is 28.7 Å². The molecule has 2 N–H and O–H groups in total. The van der Waals surface area contributed by atoms with E-state index in [0.29, 0.717) is 23.3 Å². The molecule has 9 nitrogen and oxygen atoms in total. The normalized spacial score (nSPS) is 16.3. The van der Waals surface area contributed by atoms with Crippen LogP contribution in [-0.2, 0) is 16.1 Å². The Labute approximate surface area is 176 Å². The summed E-state index contributed by atoms with van der Waals surface area (Å²) in [6, 6.07) is 14.7. The van der Waals surface area contributed by atoms with Crippen molar-refractivity contribution >= 4 is 39.4 Å². The van der Waals surface area contributed by atoms with Gasteiger partial charge < -0.3 is 5.32 Å². The van der Waals surface area contributed by atoms with Gasteiger partial charge in [-0.3, -0.25) is 28.9 Å². The lowest BCUT2D eigenvalue weighted by Crippen LogP contribution is -2.36. The summed E-state index contributed by atoms with van der Waals surface area (Å²) >= 11 is 0. The topological polar surface area (TPSA) is 113 Å². The first-order valence-corrected chi connectivity index (χ1v) is 10.1. The maximum Gasteiger partial charge on any atom is 0.261 e. The highest BCUT2D eigenvalue weighted by Gasteiger charge is 2.36. The van der Waals surface area contributed by atoms with E-state index in [-0.39, 0.29) is 36.9 Å². The van der Waals surface area contributed by atoms with Crippen molar-refractivity contribution in [1.29, 1.82) is 0 Å². The predicted octanol–water partition coefficient (Wildman–Crippen LogP) is 1.44. The highest BCUT2D eigenvalue weighted by Crippen LogP contribution is 2.29. The van der Waals surface area contributed by atoms with E-state index in [4.69, 9.17) is 0 Å². The maximum absolute atomic E-state index is 12.6. The molecule has 1 aliphatic rings. The van der Waals surface area contributed by atoms with Gasteiger partial charge in [-0.25, -0.2) is 4.98 Å². The number of hydrogen-bond donors (Lipinski definition) is 2. The quantitative estimate of drug-likeness (QED) is 0.511. The van der Waals surface area contributed by atoms with Gasteiger partial charge in [0.1, 0.15) is 0 Å².